The van der Waals surface area contributed by atoms with Crippen molar-refractivity contribution in [3.63, 3.8) is 0 Å². The highest BCUT2D eigenvalue weighted by molar-refractivity contribution is 8.01. The molecule has 0 saturated carbocycles. The fourth-order valence-corrected chi connectivity index (χ4v) is 2.55. The molecule has 24 heavy (non-hydrogen) atoms. The zero-order valence-electron chi connectivity index (χ0n) is 12.9. The van der Waals surface area contributed by atoms with E-state index in [9.17, 15) is 14.0 Å². The van der Waals surface area contributed by atoms with Gasteiger partial charge in [-0.1, -0.05) is 16.8 Å². The van der Waals surface area contributed by atoms with E-state index in [0.717, 1.165) is 17.8 Å². The lowest BCUT2D eigenvalue weighted by atomic mass is 10.3. The minimum absolute atomic E-state index is 0.00546. The first-order chi connectivity index (χ1) is 11.3. The Morgan fingerprint density at radius 1 is 1.38 bits per heavy atom. The van der Waals surface area contributed by atoms with Gasteiger partial charge in [-0.2, -0.15) is 0 Å². The van der Waals surface area contributed by atoms with Crippen LogP contribution in [0.1, 0.15) is 12.7 Å². The van der Waals surface area contributed by atoms with Crippen molar-refractivity contribution in [3.05, 3.63) is 40.9 Å². The van der Waals surface area contributed by atoms with E-state index in [0.29, 0.717) is 11.6 Å². The van der Waals surface area contributed by atoms with E-state index in [4.69, 9.17) is 16.1 Å². The molecule has 0 aliphatic carbocycles. The zero-order chi connectivity index (χ0) is 17.7. The highest BCUT2D eigenvalue weighted by atomic mass is 35.5. The van der Waals surface area contributed by atoms with Crippen LogP contribution in [0.5, 0.6) is 0 Å². The molecule has 0 spiro atoms. The summed E-state index contributed by atoms with van der Waals surface area (Å²) < 4.78 is 18.4. The van der Waals surface area contributed by atoms with Crippen molar-refractivity contribution in [1.29, 1.82) is 0 Å². The standard InChI is InChI=1S/C15H15ClFN3O3S/c1-8-5-13(20-23-8)19-15(22)9(2)24-7-14(21)18-12-4-3-10(16)6-11(12)17/h3-6,9H,7H2,1-2H3,(H,18,21)(H,19,20,22)/t9-/m0/s1. The van der Waals surface area contributed by atoms with Gasteiger partial charge in [-0.3, -0.25) is 9.59 Å². The van der Waals surface area contributed by atoms with Crippen LogP contribution in [0, 0.1) is 12.7 Å². The second-order valence-corrected chi connectivity index (χ2v) is 6.70. The van der Waals surface area contributed by atoms with Crippen LogP contribution in [0.3, 0.4) is 0 Å². The average molecular weight is 372 g/mol. The summed E-state index contributed by atoms with van der Waals surface area (Å²) in [4.78, 5) is 23.8. The first kappa shape index (κ1) is 18.3. The molecule has 1 aromatic heterocycles. The lowest BCUT2D eigenvalue weighted by Crippen LogP contribution is -2.25. The van der Waals surface area contributed by atoms with Gasteiger partial charge in [0.2, 0.25) is 11.8 Å². The molecule has 1 heterocycles. The molecule has 0 bridgehead atoms. The van der Waals surface area contributed by atoms with E-state index in [1.54, 1.807) is 19.9 Å². The number of aryl methyl sites for hydroxylation is 1. The first-order valence-corrected chi connectivity index (χ1v) is 8.38. The molecule has 2 rings (SSSR count). The van der Waals surface area contributed by atoms with Crippen molar-refractivity contribution < 1.29 is 18.5 Å². The molecule has 2 N–H and O–H groups in total. The van der Waals surface area contributed by atoms with Crippen molar-refractivity contribution in [1.82, 2.24) is 5.16 Å². The molecule has 9 heteroatoms. The molecular weight excluding hydrogens is 357 g/mol. The second kappa shape index (κ2) is 8.16. The van der Waals surface area contributed by atoms with Crippen LogP contribution in [0.15, 0.2) is 28.8 Å². The summed E-state index contributed by atoms with van der Waals surface area (Å²) in [5.41, 5.74) is 0.0418. The Morgan fingerprint density at radius 3 is 2.75 bits per heavy atom. The van der Waals surface area contributed by atoms with E-state index < -0.39 is 17.0 Å². The predicted molar refractivity (Wildman–Crippen MR) is 91.8 cm³/mol. The Labute approximate surface area is 147 Å². The Hall–Kier alpha value is -2.06. The first-order valence-electron chi connectivity index (χ1n) is 6.96. The highest BCUT2D eigenvalue weighted by Crippen LogP contribution is 2.20. The largest absolute Gasteiger partial charge is 0.360 e. The minimum Gasteiger partial charge on any atom is -0.360 e. The minimum atomic E-state index is -0.618. The normalized spacial score (nSPS) is 11.8. The predicted octanol–water partition coefficient (Wildman–Crippen LogP) is 3.47. The Kier molecular flexibility index (Phi) is 6.22. The van der Waals surface area contributed by atoms with Crippen molar-refractivity contribution in [2.24, 2.45) is 0 Å². The summed E-state index contributed by atoms with van der Waals surface area (Å²) in [7, 11) is 0. The topological polar surface area (TPSA) is 84.2 Å². The van der Waals surface area contributed by atoms with Gasteiger partial charge in [0.15, 0.2) is 5.82 Å². The van der Waals surface area contributed by atoms with Crippen LogP contribution in [0.2, 0.25) is 5.02 Å². The molecule has 2 amide bonds. The third kappa shape index (κ3) is 5.24. The fraction of sp³-hybridized carbons (Fsp3) is 0.267. The van der Waals surface area contributed by atoms with E-state index in [2.05, 4.69) is 15.8 Å². The summed E-state index contributed by atoms with van der Waals surface area (Å²) in [6.07, 6.45) is 0. The number of anilines is 2. The molecule has 128 valence electrons. The van der Waals surface area contributed by atoms with E-state index >= 15 is 0 Å². The Bertz CT molecular complexity index is 753. The molecule has 0 saturated heterocycles. The van der Waals surface area contributed by atoms with Crippen LogP contribution in [-0.2, 0) is 9.59 Å². The molecule has 0 aliphatic heterocycles. The molecule has 1 aromatic carbocycles. The maximum absolute atomic E-state index is 13.6. The number of hydrogen-bond acceptors (Lipinski definition) is 5. The molecule has 0 fully saturated rings. The number of carbonyl (C=O) groups is 2. The van der Waals surface area contributed by atoms with Gasteiger partial charge in [0, 0.05) is 11.1 Å². The summed E-state index contributed by atoms with van der Waals surface area (Å²) >= 11 is 6.76. The van der Waals surface area contributed by atoms with Gasteiger partial charge in [-0.25, -0.2) is 4.39 Å². The van der Waals surface area contributed by atoms with Gasteiger partial charge in [0.05, 0.1) is 16.7 Å². The van der Waals surface area contributed by atoms with Crippen LogP contribution in [-0.4, -0.2) is 28.0 Å². The third-order valence-corrected chi connectivity index (χ3v) is 4.30. The van der Waals surface area contributed by atoms with Gasteiger partial charge < -0.3 is 15.2 Å². The highest BCUT2D eigenvalue weighted by Gasteiger charge is 2.17. The number of benzene rings is 1. The monoisotopic (exact) mass is 371 g/mol. The smallest absolute Gasteiger partial charge is 0.238 e. The Morgan fingerprint density at radius 2 is 2.12 bits per heavy atom. The van der Waals surface area contributed by atoms with Crippen LogP contribution < -0.4 is 10.6 Å². The average Bonchev–Trinajstić information content (AvgIpc) is 2.92. The van der Waals surface area contributed by atoms with Crippen molar-refractivity contribution in [2.45, 2.75) is 19.1 Å². The number of amides is 2. The van der Waals surface area contributed by atoms with Crippen molar-refractivity contribution >= 4 is 46.7 Å². The maximum Gasteiger partial charge on any atom is 0.238 e. The number of nitrogens with one attached hydrogen (secondary N) is 2. The van der Waals surface area contributed by atoms with E-state index in [1.165, 1.54) is 12.1 Å². The van der Waals surface area contributed by atoms with Crippen LogP contribution >= 0.6 is 23.4 Å². The van der Waals surface area contributed by atoms with Gasteiger partial charge in [0.25, 0.3) is 0 Å². The SMILES string of the molecule is Cc1cc(NC(=O)[C@H](C)SCC(=O)Nc2ccc(Cl)cc2F)no1. The van der Waals surface area contributed by atoms with Crippen LogP contribution in [0.4, 0.5) is 15.9 Å². The summed E-state index contributed by atoms with van der Waals surface area (Å²) in [6.45, 7) is 3.37. The number of halogens is 2. The van der Waals surface area contributed by atoms with Gasteiger partial charge in [0.1, 0.15) is 11.6 Å². The fourth-order valence-electron chi connectivity index (χ4n) is 1.71. The summed E-state index contributed by atoms with van der Waals surface area (Å²) in [5, 5.41) is 8.42. The molecular formula is C15H15ClFN3O3S. The number of nitrogens with zero attached hydrogens (tertiary/aromatic N) is 1. The number of hydrogen-bond donors (Lipinski definition) is 2. The zero-order valence-corrected chi connectivity index (χ0v) is 14.5. The number of thioether (sulfide) groups is 1. The lowest BCUT2D eigenvalue weighted by molar-refractivity contribution is -0.115. The number of aromatic nitrogens is 1. The molecule has 2 aromatic rings. The molecule has 0 aliphatic rings. The molecule has 6 nitrogen and oxygen atoms in total. The summed E-state index contributed by atoms with van der Waals surface area (Å²) in [6, 6.07) is 5.55. The lowest BCUT2D eigenvalue weighted by Gasteiger charge is -2.11. The summed E-state index contributed by atoms with van der Waals surface area (Å²) in [5.74, 6) is -0.452. The van der Waals surface area contributed by atoms with Gasteiger partial charge in [-0.15, -0.1) is 11.8 Å². The molecule has 0 unspecified atom stereocenters. The Balaban J connectivity index is 1.81. The van der Waals surface area contributed by atoms with Gasteiger partial charge in [-0.05, 0) is 32.0 Å². The van der Waals surface area contributed by atoms with Gasteiger partial charge >= 0.3 is 0 Å². The third-order valence-electron chi connectivity index (χ3n) is 2.92. The number of rotatable bonds is 6. The quantitative estimate of drug-likeness (QED) is 0.812. The van der Waals surface area contributed by atoms with Crippen molar-refractivity contribution in [3.8, 4) is 0 Å². The van der Waals surface area contributed by atoms with E-state index in [-0.39, 0.29) is 22.4 Å². The van der Waals surface area contributed by atoms with E-state index in [1.807, 2.05) is 0 Å². The molecule has 1 atom stereocenters. The van der Waals surface area contributed by atoms with Crippen molar-refractivity contribution in [2.75, 3.05) is 16.4 Å². The maximum atomic E-state index is 13.6. The van der Waals surface area contributed by atoms with Crippen LogP contribution in [0.25, 0.3) is 0 Å². The second-order valence-electron chi connectivity index (χ2n) is 4.94. The number of carbonyl (C=O) groups excluding carboxylic acids is 2. The molecule has 0 radical (unpaired) electrons.